The minimum absolute atomic E-state index is 0.0207. The number of likely N-dealkylation sites (N-methyl/N-ethyl adjacent to an activating group) is 1. The van der Waals surface area contributed by atoms with Crippen LogP contribution in [0.15, 0.2) is 59.5 Å². The number of hydrogen-bond acceptors (Lipinski definition) is 7. The van der Waals surface area contributed by atoms with E-state index in [9.17, 15) is 23.4 Å². The molecule has 0 heterocycles. The lowest BCUT2D eigenvalue weighted by molar-refractivity contribution is -0.136. The number of methoxy groups -OCH3 is 2. The van der Waals surface area contributed by atoms with Crippen LogP contribution in [0.2, 0.25) is 5.02 Å². The third-order valence-corrected chi connectivity index (χ3v) is 10.5. The zero-order chi connectivity index (χ0) is 32.9. The summed E-state index contributed by atoms with van der Waals surface area (Å²) in [5.41, 5.74) is 4.38. The second kappa shape index (κ2) is 14.5. The van der Waals surface area contributed by atoms with E-state index in [0.717, 1.165) is 23.6 Å². The zero-order valence-corrected chi connectivity index (χ0v) is 28.0. The Bertz CT molecular complexity index is 1600. The maximum Gasteiger partial charge on any atom is 0.303 e. The molecule has 0 amide bonds. The highest BCUT2D eigenvalue weighted by molar-refractivity contribution is 7.89. The van der Waals surface area contributed by atoms with E-state index >= 15 is 0 Å². The van der Waals surface area contributed by atoms with Gasteiger partial charge in [0.15, 0.2) is 11.5 Å². The summed E-state index contributed by atoms with van der Waals surface area (Å²) in [4.78, 5) is 11.3. The van der Waals surface area contributed by atoms with Gasteiger partial charge in [0.05, 0.1) is 25.2 Å². The van der Waals surface area contributed by atoms with E-state index in [0.29, 0.717) is 34.1 Å². The molecule has 3 aromatic carbocycles. The number of nitrogens with one attached hydrogen (secondary N) is 1. The number of aliphatic hydroxyl groups excluding tert-OH is 1. The summed E-state index contributed by atoms with van der Waals surface area (Å²) < 4.78 is 38.9. The topological polar surface area (TPSA) is 125 Å². The molecule has 3 aromatic rings. The normalized spacial score (nSPS) is 14.4. The second-order valence-electron chi connectivity index (χ2n) is 12.4. The number of carboxylic acids is 1. The number of carbonyl (C=O) groups is 1. The first-order valence-corrected chi connectivity index (χ1v) is 16.8. The van der Waals surface area contributed by atoms with Crippen LogP contribution in [0.25, 0.3) is 11.1 Å². The Morgan fingerprint density at radius 2 is 1.67 bits per heavy atom. The van der Waals surface area contributed by atoms with Crippen LogP contribution < -0.4 is 14.8 Å². The number of carboxylic acid groups (broad SMARTS) is 1. The highest BCUT2D eigenvalue weighted by Crippen LogP contribution is 2.40. The van der Waals surface area contributed by atoms with Crippen LogP contribution in [0.3, 0.4) is 0 Å². The molecule has 0 unspecified atom stereocenters. The molecular weight excluding hydrogens is 616 g/mol. The molecular formula is C34H43ClN2O7S. The number of fused-ring (bicyclic) bond motifs is 1. The lowest BCUT2D eigenvalue weighted by Gasteiger charge is -2.31. The molecule has 1 atom stereocenters. The van der Waals surface area contributed by atoms with Crippen molar-refractivity contribution in [3.8, 4) is 22.6 Å². The third kappa shape index (κ3) is 8.56. The summed E-state index contributed by atoms with van der Waals surface area (Å²) in [5, 5.41) is 23.6. The lowest BCUT2D eigenvalue weighted by atomic mass is 9.88. The van der Waals surface area contributed by atoms with Crippen molar-refractivity contribution in [2.45, 2.75) is 62.5 Å². The van der Waals surface area contributed by atoms with E-state index < -0.39 is 22.1 Å². The van der Waals surface area contributed by atoms with Gasteiger partial charge < -0.3 is 25.0 Å². The van der Waals surface area contributed by atoms with Crippen molar-refractivity contribution in [1.29, 1.82) is 0 Å². The van der Waals surface area contributed by atoms with Gasteiger partial charge in [-0.05, 0) is 92.0 Å². The van der Waals surface area contributed by atoms with E-state index in [1.165, 1.54) is 44.5 Å². The fourth-order valence-electron chi connectivity index (χ4n) is 6.12. The van der Waals surface area contributed by atoms with Gasteiger partial charge in [-0.1, -0.05) is 41.9 Å². The van der Waals surface area contributed by atoms with Gasteiger partial charge in [-0.15, -0.1) is 0 Å². The number of benzene rings is 3. The molecule has 0 aliphatic heterocycles. The first-order valence-electron chi connectivity index (χ1n) is 15.0. The lowest BCUT2D eigenvalue weighted by Crippen LogP contribution is -2.47. The first-order chi connectivity index (χ1) is 21.2. The summed E-state index contributed by atoms with van der Waals surface area (Å²) >= 11 is 6.65. The van der Waals surface area contributed by atoms with Crippen LogP contribution >= 0.6 is 11.6 Å². The average Bonchev–Trinajstić information content (AvgIpc) is 3.40. The van der Waals surface area contributed by atoms with Gasteiger partial charge in [0, 0.05) is 42.7 Å². The van der Waals surface area contributed by atoms with Gasteiger partial charge >= 0.3 is 5.97 Å². The third-order valence-electron chi connectivity index (χ3n) is 8.38. The predicted octanol–water partition coefficient (Wildman–Crippen LogP) is 5.20. The van der Waals surface area contributed by atoms with E-state index in [2.05, 4.69) is 43.4 Å². The van der Waals surface area contributed by atoms with Crippen LogP contribution in [-0.4, -0.2) is 74.9 Å². The molecule has 3 N–H and O–H groups in total. The Hall–Kier alpha value is -3.15. The molecule has 0 spiro atoms. The SMILES string of the molecule is COc1cc(CCC(=O)O)c(-c2ccc(S(=O)(=O)N(C)C[C@H](O)CNC(C)(C)CC3Cc4ccccc4C3)cc2Cl)cc1OC. The number of aliphatic hydroxyl groups is 1. The largest absolute Gasteiger partial charge is 0.493 e. The van der Waals surface area contributed by atoms with Gasteiger partial charge in [0.2, 0.25) is 10.0 Å². The molecule has 0 radical (unpaired) electrons. The van der Waals surface area contributed by atoms with Crippen LogP contribution in [0, 0.1) is 5.92 Å². The van der Waals surface area contributed by atoms with Gasteiger partial charge in [-0.25, -0.2) is 8.42 Å². The summed E-state index contributed by atoms with van der Waals surface area (Å²) in [6.07, 6.45) is 2.19. The molecule has 0 saturated carbocycles. The molecule has 1 aliphatic rings. The minimum Gasteiger partial charge on any atom is -0.493 e. The molecule has 45 heavy (non-hydrogen) atoms. The minimum atomic E-state index is -3.97. The number of aryl methyl sites for hydroxylation is 1. The quantitative estimate of drug-likeness (QED) is 0.204. The highest BCUT2D eigenvalue weighted by Gasteiger charge is 2.30. The summed E-state index contributed by atoms with van der Waals surface area (Å²) in [5.74, 6) is 0.439. The smallest absolute Gasteiger partial charge is 0.303 e. The van der Waals surface area contributed by atoms with Crippen molar-refractivity contribution in [2.75, 3.05) is 34.4 Å². The standard InChI is InChI=1S/C34H43ClN2O7S/c1-34(2,19-22-14-23-8-6-7-9-24(23)15-22)36-20-26(38)21-37(3)45(41,42)27-11-12-28(30(35)17-27)29-18-32(44-5)31(43-4)16-25(29)10-13-33(39)40/h6-9,11-12,16-18,22,26,36,38H,10,13-15,19-21H2,1-5H3,(H,39,40)/t26-/m1/s1. The number of aliphatic carboxylic acids is 1. The number of β-amino-alcohol motifs (C(OH)–C–C–N with tert-alkyl or cyclic N) is 1. The molecule has 9 nitrogen and oxygen atoms in total. The van der Waals surface area contributed by atoms with Crippen LogP contribution in [-0.2, 0) is 34.1 Å². The fourth-order valence-corrected chi connectivity index (χ4v) is 7.70. The fraction of sp³-hybridized carbons (Fsp3) is 0.441. The molecule has 0 aromatic heterocycles. The van der Waals surface area contributed by atoms with Crippen molar-refractivity contribution in [3.05, 3.63) is 76.3 Å². The number of nitrogens with zero attached hydrogens (tertiary/aromatic N) is 1. The second-order valence-corrected chi connectivity index (χ2v) is 14.8. The zero-order valence-electron chi connectivity index (χ0n) is 26.5. The van der Waals surface area contributed by atoms with Gasteiger partial charge in [-0.3, -0.25) is 4.79 Å². The Morgan fingerprint density at radius 3 is 2.24 bits per heavy atom. The van der Waals surface area contributed by atoms with Gasteiger partial charge in [0.1, 0.15) is 0 Å². The van der Waals surface area contributed by atoms with Gasteiger partial charge in [0.25, 0.3) is 0 Å². The maximum absolute atomic E-state index is 13.5. The number of ether oxygens (including phenoxy) is 2. The van der Waals surface area contributed by atoms with Crippen molar-refractivity contribution < 1.29 is 32.9 Å². The maximum atomic E-state index is 13.5. The highest BCUT2D eigenvalue weighted by atomic mass is 35.5. The number of rotatable bonds is 15. The number of hydrogen-bond donors (Lipinski definition) is 3. The van der Waals surface area contributed by atoms with Crippen LogP contribution in [0.1, 0.15) is 43.4 Å². The molecule has 0 saturated heterocycles. The summed E-state index contributed by atoms with van der Waals surface area (Å²) in [7, 11) is 0.438. The predicted molar refractivity (Wildman–Crippen MR) is 176 cm³/mol. The van der Waals surface area contributed by atoms with Crippen molar-refractivity contribution >= 4 is 27.6 Å². The molecule has 11 heteroatoms. The Balaban J connectivity index is 1.42. The van der Waals surface area contributed by atoms with E-state index in [1.807, 2.05) is 0 Å². The van der Waals surface area contributed by atoms with Crippen molar-refractivity contribution in [2.24, 2.45) is 5.92 Å². The first kappa shape index (κ1) is 34.7. The molecule has 0 bridgehead atoms. The van der Waals surface area contributed by atoms with Crippen LogP contribution in [0.4, 0.5) is 0 Å². The Labute approximate surface area is 271 Å². The van der Waals surface area contributed by atoms with E-state index in [1.54, 1.807) is 18.2 Å². The van der Waals surface area contributed by atoms with Crippen LogP contribution in [0.5, 0.6) is 11.5 Å². The van der Waals surface area contributed by atoms with E-state index in [-0.39, 0.29) is 41.4 Å². The summed E-state index contributed by atoms with van der Waals surface area (Å²) in [6.45, 7) is 4.36. The molecule has 1 aliphatic carbocycles. The Morgan fingerprint density at radius 1 is 1.04 bits per heavy atom. The number of sulfonamides is 1. The summed E-state index contributed by atoms with van der Waals surface area (Å²) in [6, 6.07) is 16.4. The monoisotopic (exact) mass is 658 g/mol. The molecule has 4 rings (SSSR count). The van der Waals surface area contributed by atoms with Crippen molar-refractivity contribution in [3.63, 3.8) is 0 Å². The molecule has 0 fully saturated rings. The van der Waals surface area contributed by atoms with E-state index in [4.69, 9.17) is 21.1 Å². The van der Waals surface area contributed by atoms with Crippen molar-refractivity contribution in [1.82, 2.24) is 9.62 Å². The number of halogens is 1. The van der Waals surface area contributed by atoms with Gasteiger partial charge in [-0.2, -0.15) is 4.31 Å². The average molecular weight is 659 g/mol. The molecule has 244 valence electrons. The Kier molecular flexibility index (Phi) is 11.2.